The van der Waals surface area contributed by atoms with Gasteiger partial charge in [0.2, 0.25) is 0 Å². The third-order valence-electron chi connectivity index (χ3n) is 4.46. The molecular formula is C18H31N3. The molecule has 1 atom stereocenters. The maximum atomic E-state index is 3.56. The summed E-state index contributed by atoms with van der Waals surface area (Å²) in [5, 5.41) is 3.56. The molecule has 1 aromatic rings. The summed E-state index contributed by atoms with van der Waals surface area (Å²) < 4.78 is 0. The lowest BCUT2D eigenvalue weighted by molar-refractivity contribution is 0.248. The zero-order valence-corrected chi connectivity index (χ0v) is 14.3. The van der Waals surface area contributed by atoms with Crippen LogP contribution in [0.3, 0.4) is 0 Å². The second kappa shape index (κ2) is 7.28. The Kier molecular flexibility index (Phi) is 5.65. The molecule has 1 aliphatic rings. The SMILES string of the molecule is Cc1ccc(N(C)C2CCCN(C)C2)c(CNC(C)C)c1. The molecule has 3 heteroatoms. The number of nitrogens with one attached hydrogen (secondary N) is 1. The monoisotopic (exact) mass is 289 g/mol. The number of hydrogen-bond donors (Lipinski definition) is 1. The van der Waals surface area contributed by atoms with Crippen molar-refractivity contribution in [2.24, 2.45) is 0 Å². The minimum atomic E-state index is 0.518. The molecule has 1 fully saturated rings. The molecular weight excluding hydrogens is 258 g/mol. The van der Waals surface area contributed by atoms with Gasteiger partial charge in [-0.3, -0.25) is 0 Å². The van der Waals surface area contributed by atoms with Crippen LogP contribution in [-0.4, -0.2) is 44.2 Å². The minimum Gasteiger partial charge on any atom is -0.370 e. The van der Waals surface area contributed by atoms with Gasteiger partial charge in [-0.25, -0.2) is 0 Å². The minimum absolute atomic E-state index is 0.518. The Morgan fingerprint density at radius 3 is 2.81 bits per heavy atom. The van der Waals surface area contributed by atoms with E-state index in [0.29, 0.717) is 12.1 Å². The Balaban J connectivity index is 2.16. The van der Waals surface area contributed by atoms with Crippen LogP contribution in [-0.2, 0) is 6.54 Å². The van der Waals surface area contributed by atoms with Crippen LogP contribution in [0.15, 0.2) is 18.2 Å². The van der Waals surface area contributed by atoms with Gasteiger partial charge < -0.3 is 15.1 Å². The van der Waals surface area contributed by atoms with Gasteiger partial charge in [0.05, 0.1) is 0 Å². The lowest BCUT2D eigenvalue weighted by Gasteiger charge is -2.38. The molecule has 3 nitrogen and oxygen atoms in total. The fourth-order valence-corrected chi connectivity index (χ4v) is 3.17. The average Bonchev–Trinajstić information content (AvgIpc) is 2.44. The molecule has 0 aromatic heterocycles. The molecule has 0 spiro atoms. The molecule has 1 unspecified atom stereocenters. The predicted molar refractivity (Wildman–Crippen MR) is 92.1 cm³/mol. The Labute approximate surface area is 130 Å². The first kappa shape index (κ1) is 16.3. The largest absolute Gasteiger partial charge is 0.370 e. The number of rotatable bonds is 5. The zero-order chi connectivity index (χ0) is 15.4. The van der Waals surface area contributed by atoms with Crippen molar-refractivity contribution in [1.29, 1.82) is 0 Å². The van der Waals surface area contributed by atoms with Gasteiger partial charge in [0, 0.05) is 37.9 Å². The first-order valence-electron chi connectivity index (χ1n) is 8.21. The highest BCUT2D eigenvalue weighted by atomic mass is 15.2. The normalized spacial score (nSPS) is 20.0. The van der Waals surface area contributed by atoms with E-state index in [1.807, 2.05) is 0 Å². The molecule has 0 aliphatic carbocycles. The number of hydrogen-bond acceptors (Lipinski definition) is 3. The number of benzene rings is 1. The molecule has 0 radical (unpaired) electrons. The van der Waals surface area contributed by atoms with Gasteiger partial charge in [-0.05, 0) is 45.0 Å². The highest BCUT2D eigenvalue weighted by Gasteiger charge is 2.22. The topological polar surface area (TPSA) is 18.5 Å². The smallest absolute Gasteiger partial charge is 0.0414 e. The number of anilines is 1. The van der Waals surface area contributed by atoms with Crippen molar-refractivity contribution in [2.75, 3.05) is 32.1 Å². The van der Waals surface area contributed by atoms with E-state index in [-0.39, 0.29) is 0 Å². The number of nitrogens with zero attached hydrogens (tertiary/aromatic N) is 2. The summed E-state index contributed by atoms with van der Waals surface area (Å²) in [6.07, 6.45) is 2.60. The summed E-state index contributed by atoms with van der Waals surface area (Å²) in [4.78, 5) is 4.94. The number of aryl methyl sites for hydroxylation is 1. The maximum absolute atomic E-state index is 3.56. The summed E-state index contributed by atoms with van der Waals surface area (Å²) in [7, 11) is 4.49. The van der Waals surface area contributed by atoms with Crippen molar-refractivity contribution in [3.63, 3.8) is 0 Å². The molecule has 118 valence electrons. The van der Waals surface area contributed by atoms with E-state index < -0.39 is 0 Å². The van der Waals surface area contributed by atoms with Gasteiger partial charge in [-0.15, -0.1) is 0 Å². The summed E-state index contributed by atoms with van der Waals surface area (Å²) >= 11 is 0. The number of piperidine rings is 1. The van der Waals surface area contributed by atoms with E-state index in [4.69, 9.17) is 0 Å². The van der Waals surface area contributed by atoms with Crippen LogP contribution >= 0.6 is 0 Å². The molecule has 0 bridgehead atoms. The predicted octanol–water partition coefficient (Wildman–Crippen LogP) is 3.02. The van der Waals surface area contributed by atoms with Crippen LogP contribution in [0.25, 0.3) is 0 Å². The second-order valence-corrected chi connectivity index (χ2v) is 6.84. The molecule has 0 amide bonds. The molecule has 1 N–H and O–H groups in total. The van der Waals surface area contributed by atoms with Gasteiger partial charge in [0.25, 0.3) is 0 Å². The van der Waals surface area contributed by atoms with Gasteiger partial charge in [-0.1, -0.05) is 31.5 Å². The lowest BCUT2D eigenvalue weighted by atomic mass is 10.0. The van der Waals surface area contributed by atoms with Crippen molar-refractivity contribution in [3.8, 4) is 0 Å². The highest BCUT2D eigenvalue weighted by molar-refractivity contribution is 5.55. The van der Waals surface area contributed by atoms with Gasteiger partial charge in [0.15, 0.2) is 0 Å². The first-order valence-corrected chi connectivity index (χ1v) is 8.21. The van der Waals surface area contributed by atoms with Gasteiger partial charge >= 0.3 is 0 Å². The first-order chi connectivity index (χ1) is 9.97. The van der Waals surface area contributed by atoms with E-state index in [9.17, 15) is 0 Å². The van der Waals surface area contributed by atoms with Crippen LogP contribution in [0.2, 0.25) is 0 Å². The molecule has 1 saturated heterocycles. The quantitative estimate of drug-likeness (QED) is 0.899. The van der Waals surface area contributed by atoms with Crippen LogP contribution in [0, 0.1) is 6.92 Å². The third-order valence-corrected chi connectivity index (χ3v) is 4.46. The maximum Gasteiger partial charge on any atom is 0.0414 e. The van der Waals surface area contributed by atoms with Gasteiger partial charge in [-0.2, -0.15) is 0 Å². The number of likely N-dealkylation sites (tertiary alicyclic amines) is 1. The van der Waals surface area contributed by atoms with Crippen molar-refractivity contribution >= 4 is 5.69 Å². The molecule has 1 heterocycles. The van der Waals surface area contributed by atoms with Crippen molar-refractivity contribution in [3.05, 3.63) is 29.3 Å². The van der Waals surface area contributed by atoms with Crippen LogP contribution < -0.4 is 10.2 Å². The van der Waals surface area contributed by atoms with E-state index in [0.717, 1.165) is 6.54 Å². The highest BCUT2D eigenvalue weighted by Crippen LogP contribution is 2.26. The standard InChI is InChI=1S/C18H31N3/c1-14(2)19-12-16-11-15(3)8-9-18(16)21(5)17-7-6-10-20(4)13-17/h8-9,11,14,17,19H,6-7,10,12-13H2,1-5H3. The summed E-state index contributed by atoms with van der Waals surface area (Å²) in [5.74, 6) is 0. The van der Waals surface area contributed by atoms with Crippen molar-refractivity contribution in [1.82, 2.24) is 10.2 Å². The van der Waals surface area contributed by atoms with Gasteiger partial charge in [0.1, 0.15) is 0 Å². The zero-order valence-electron chi connectivity index (χ0n) is 14.3. The van der Waals surface area contributed by atoms with E-state index in [1.54, 1.807) is 0 Å². The summed E-state index contributed by atoms with van der Waals surface area (Å²) in [6, 6.07) is 8.00. The van der Waals surface area contributed by atoms with Crippen molar-refractivity contribution < 1.29 is 0 Å². The second-order valence-electron chi connectivity index (χ2n) is 6.84. The van der Waals surface area contributed by atoms with Crippen LogP contribution in [0.1, 0.15) is 37.8 Å². The van der Waals surface area contributed by atoms with E-state index in [1.165, 1.54) is 42.7 Å². The molecule has 2 rings (SSSR count). The summed E-state index contributed by atoms with van der Waals surface area (Å²) in [6.45, 7) is 9.94. The molecule has 1 aliphatic heterocycles. The van der Waals surface area contributed by atoms with Crippen molar-refractivity contribution in [2.45, 2.75) is 52.2 Å². The Morgan fingerprint density at radius 2 is 2.14 bits per heavy atom. The summed E-state index contributed by atoms with van der Waals surface area (Å²) in [5.41, 5.74) is 4.14. The Morgan fingerprint density at radius 1 is 1.38 bits per heavy atom. The molecule has 1 aromatic carbocycles. The third kappa shape index (κ3) is 4.45. The van der Waals surface area contributed by atoms with E-state index >= 15 is 0 Å². The Bertz CT molecular complexity index is 456. The van der Waals surface area contributed by atoms with Crippen LogP contribution in [0.4, 0.5) is 5.69 Å². The Hall–Kier alpha value is -1.06. The fourth-order valence-electron chi connectivity index (χ4n) is 3.17. The van der Waals surface area contributed by atoms with E-state index in [2.05, 4.69) is 68.2 Å². The average molecular weight is 289 g/mol. The number of likely N-dealkylation sites (N-methyl/N-ethyl adjacent to an activating group) is 2. The molecule has 0 saturated carbocycles. The lowest BCUT2D eigenvalue weighted by Crippen LogP contribution is -2.45. The molecule has 21 heavy (non-hydrogen) atoms. The van der Waals surface area contributed by atoms with Crippen LogP contribution in [0.5, 0.6) is 0 Å². The fraction of sp³-hybridized carbons (Fsp3) is 0.667.